The molecule has 0 aliphatic heterocycles. The summed E-state index contributed by atoms with van der Waals surface area (Å²) in [5, 5.41) is 6.42. The van der Waals surface area contributed by atoms with E-state index in [1.807, 2.05) is 67.7 Å². The summed E-state index contributed by atoms with van der Waals surface area (Å²) in [6, 6.07) is 14.1. The van der Waals surface area contributed by atoms with E-state index < -0.39 is 24.5 Å². The van der Waals surface area contributed by atoms with Gasteiger partial charge in [0, 0.05) is 11.8 Å². The van der Waals surface area contributed by atoms with Crippen LogP contribution in [0.1, 0.15) is 21.5 Å². The lowest BCUT2D eigenvalue weighted by Gasteiger charge is -2.07. The van der Waals surface area contributed by atoms with E-state index in [0.29, 0.717) is 5.69 Å². The highest BCUT2D eigenvalue weighted by Crippen LogP contribution is 2.28. The number of ether oxygens (including phenoxy) is 1. The quantitative estimate of drug-likeness (QED) is 0.647. The molecule has 8 nitrogen and oxygen atoms in total. The molecule has 3 amide bonds. The third-order valence-electron chi connectivity index (χ3n) is 4.19. The lowest BCUT2D eigenvalue weighted by atomic mass is 10.0. The number of esters is 1. The van der Waals surface area contributed by atoms with Crippen molar-refractivity contribution in [2.45, 2.75) is 13.8 Å². The number of rotatable bonds is 5. The molecule has 0 aliphatic carbocycles. The molecule has 0 atom stereocenters. The molecule has 0 fully saturated rings. The van der Waals surface area contributed by atoms with Crippen molar-refractivity contribution < 1.29 is 19.1 Å². The largest absolute Gasteiger partial charge is 0.452 e. The smallest absolute Gasteiger partial charge is 0.342 e. The number of carbonyl (C=O) groups is 3. The molecule has 0 aliphatic rings. The number of hydrogen-bond acceptors (Lipinski definition) is 5. The maximum Gasteiger partial charge on any atom is 0.342 e. The first-order valence-corrected chi connectivity index (χ1v) is 8.84. The lowest BCUT2D eigenvalue weighted by molar-refractivity contribution is -0.123. The second-order valence-corrected chi connectivity index (χ2v) is 6.48. The van der Waals surface area contributed by atoms with Gasteiger partial charge in [-0.3, -0.25) is 10.1 Å². The molecule has 0 radical (unpaired) electrons. The van der Waals surface area contributed by atoms with Gasteiger partial charge in [0.25, 0.3) is 5.91 Å². The summed E-state index contributed by atoms with van der Waals surface area (Å²) < 4.78 is 6.63. The fraction of sp³-hybridized carbons (Fsp3) is 0.143. The zero-order valence-electron chi connectivity index (χ0n) is 16.0. The molecule has 1 heterocycles. The Labute approximate surface area is 167 Å². The number of aromatic nitrogens is 2. The maximum absolute atomic E-state index is 12.7. The fourth-order valence-corrected chi connectivity index (χ4v) is 2.90. The summed E-state index contributed by atoms with van der Waals surface area (Å²) in [4.78, 5) is 35.0. The van der Waals surface area contributed by atoms with E-state index in [4.69, 9.17) is 10.5 Å². The summed E-state index contributed by atoms with van der Waals surface area (Å²) in [5.74, 6) is -1.55. The first-order chi connectivity index (χ1) is 13.8. The molecule has 3 N–H and O–H groups in total. The molecular weight excluding hydrogens is 372 g/mol. The van der Waals surface area contributed by atoms with E-state index in [1.165, 1.54) is 0 Å². The topological polar surface area (TPSA) is 116 Å². The minimum absolute atomic E-state index is 0.202. The number of urea groups is 1. The van der Waals surface area contributed by atoms with Crippen LogP contribution < -0.4 is 11.1 Å². The normalized spacial score (nSPS) is 10.4. The Balaban J connectivity index is 1.98. The van der Waals surface area contributed by atoms with Gasteiger partial charge in [0.05, 0.1) is 5.69 Å². The Kier molecular flexibility index (Phi) is 5.73. The summed E-state index contributed by atoms with van der Waals surface area (Å²) in [6.45, 7) is 3.27. The fourth-order valence-electron chi connectivity index (χ4n) is 2.90. The number of nitrogens with one attached hydrogen (secondary N) is 1. The number of amides is 3. The number of primary amides is 1. The van der Waals surface area contributed by atoms with Gasteiger partial charge < -0.3 is 10.5 Å². The van der Waals surface area contributed by atoms with Crippen LogP contribution in [0.2, 0.25) is 0 Å². The van der Waals surface area contributed by atoms with Gasteiger partial charge in [0.1, 0.15) is 11.3 Å². The van der Waals surface area contributed by atoms with Crippen LogP contribution in [0, 0.1) is 13.8 Å². The molecule has 0 spiro atoms. The zero-order valence-corrected chi connectivity index (χ0v) is 16.0. The van der Waals surface area contributed by atoms with Crippen LogP contribution in [-0.4, -0.2) is 34.3 Å². The monoisotopic (exact) mass is 392 g/mol. The summed E-state index contributed by atoms with van der Waals surface area (Å²) in [5.41, 5.74) is 9.10. The Hall–Kier alpha value is -3.94. The van der Waals surface area contributed by atoms with Crippen LogP contribution in [0.4, 0.5) is 4.79 Å². The van der Waals surface area contributed by atoms with Crippen LogP contribution in [0.5, 0.6) is 0 Å². The van der Waals surface area contributed by atoms with Crippen molar-refractivity contribution >= 4 is 17.9 Å². The van der Waals surface area contributed by atoms with E-state index in [2.05, 4.69) is 5.10 Å². The predicted octanol–water partition coefficient (Wildman–Crippen LogP) is 2.51. The van der Waals surface area contributed by atoms with Crippen LogP contribution in [0.15, 0.2) is 54.7 Å². The van der Waals surface area contributed by atoms with Gasteiger partial charge >= 0.3 is 12.0 Å². The van der Waals surface area contributed by atoms with Crippen LogP contribution >= 0.6 is 0 Å². The first-order valence-electron chi connectivity index (χ1n) is 8.84. The van der Waals surface area contributed by atoms with Gasteiger partial charge in [-0.2, -0.15) is 5.10 Å². The molecule has 0 saturated heterocycles. The molecule has 0 bridgehead atoms. The first kappa shape index (κ1) is 19.8. The molecule has 29 heavy (non-hydrogen) atoms. The number of nitrogens with zero attached hydrogens (tertiary/aromatic N) is 2. The maximum atomic E-state index is 12.7. The van der Waals surface area contributed by atoms with E-state index in [9.17, 15) is 14.4 Å². The SMILES string of the molecule is Cc1ccc(-c2nn(-c3ccccc3)cc2C(=O)OCC(=O)NC(N)=O)c(C)c1. The number of imide groups is 1. The number of aryl methyl sites for hydroxylation is 2. The van der Waals surface area contributed by atoms with Gasteiger partial charge in [0.2, 0.25) is 0 Å². The van der Waals surface area contributed by atoms with Crippen molar-refractivity contribution in [3.8, 4) is 16.9 Å². The molecule has 8 heteroatoms. The number of para-hydroxylation sites is 1. The van der Waals surface area contributed by atoms with Crippen LogP contribution in [-0.2, 0) is 9.53 Å². The van der Waals surface area contributed by atoms with Crippen molar-refractivity contribution in [2.24, 2.45) is 5.73 Å². The lowest BCUT2D eigenvalue weighted by Crippen LogP contribution is -2.37. The molecule has 3 aromatic rings. The van der Waals surface area contributed by atoms with Crippen molar-refractivity contribution in [2.75, 3.05) is 6.61 Å². The second kappa shape index (κ2) is 8.39. The van der Waals surface area contributed by atoms with Crippen LogP contribution in [0.25, 0.3) is 16.9 Å². The molecule has 1 aromatic heterocycles. The standard InChI is InChI=1S/C21H20N4O4/c1-13-8-9-16(14(2)10-13)19-17(20(27)29-12-18(26)23-21(22)28)11-25(24-19)15-6-4-3-5-7-15/h3-11H,12H2,1-2H3,(H3,22,23,26,28). The summed E-state index contributed by atoms with van der Waals surface area (Å²) >= 11 is 0. The van der Waals surface area contributed by atoms with Crippen molar-refractivity contribution in [1.82, 2.24) is 15.1 Å². The number of carbonyl (C=O) groups excluding carboxylic acids is 3. The number of nitrogens with two attached hydrogens (primary N) is 1. The Morgan fingerprint density at radius 3 is 2.48 bits per heavy atom. The average molecular weight is 392 g/mol. The van der Waals surface area contributed by atoms with Crippen molar-refractivity contribution in [1.29, 1.82) is 0 Å². The molecule has 0 saturated carbocycles. The van der Waals surface area contributed by atoms with Crippen molar-refractivity contribution in [3.63, 3.8) is 0 Å². The Morgan fingerprint density at radius 1 is 1.10 bits per heavy atom. The highest BCUT2D eigenvalue weighted by molar-refractivity contribution is 5.99. The van der Waals surface area contributed by atoms with E-state index >= 15 is 0 Å². The summed E-state index contributed by atoms with van der Waals surface area (Å²) in [7, 11) is 0. The van der Waals surface area contributed by atoms with Gasteiger partial charge in [-0.05, 0) is 31.5 Å². The average Bonchev–Trinajstić information content (AvgIpc) is 3.11. The van der Waals surface area contributed by atoms with Crippen molar-refractivity contribution in [3.05, 3.63) is 71.4 Å². The second-order valence-electron chi connectivity index (χ2n) is 6.48. The summed E-state index contributed by atoms with van der Waals surface area (Å²) in [6.07, 6.45) is 1.55. The molecule has 0 unspecified atom stereocenters. The zero-order chi connectivity index (χ0) is 21.0. The molecule has 3 rings (SSSR count). The Morgan fingerprint density at radius 2 is 1.83 bits per heavy atom. The van der Waals surface area contributed by atoms with E-state index in [-0.39, 0.29) is 5.56 Å². The third kappa shape index (κ3) is 4.67. The van der Waals surface area contributed by atoms with Crippen LogP contribution in [0.3, 0.4) is 0 Å². The van der Waals surface area contributed by atoms with E-state index in [0.717, 1.165) is 22.4 Å². The predicted molar refractivity (Wildman–Crippen MR) is 106 cm³/mol. The van der Waals surface area contributed by atoms with Gasteiger partial charge in [-0.25, -0.2) is 14.3 Å². The Bertz CT molecular complexity index is 1070. The van der Waals surface area contributed by atoms with Gasteiger partial charge in [-0.1, -0.05) is 42.0 Å². The minimum atomic E-state index is -1.01. The highest BCUT2D eigenvalue weighted by atomic mass is 16.5. The minimum Gasteiger partial charge on any atom is -0.452 e. The molecule has 148 valence electrons. The van der Waals surface area contributed by atoms with E-state index in [1.54, 1.807) is 10.9 Å². The number of benzene rings is 2. The van der Waals surface area contributed by atoms with Gasteiger partial charge in [0.15, 0.2) is 6.61 Å². The number of hydrogen-bond donors (Lipinski definition) is 2. The highest BCUT2D eigenvalue weighted by Gasteiger charge is 2.22. The van der Waals surface area contributed by atoms with Gasteiger partial charge in [-0.15, -0.1) is 0 Å². The molecule has 2 aromatic carbocycles. The molecular formula is C21H20N4O4. The third-order valence-corrected chi connectivity index (χ3v) is 4.19.